The fraction of sp³-hybridized carbons (Fsp3) is 0.550. The van der Waals surface area contributed by atoms with Crippen LogP contribution in [0.25, 0.3) is 0 Å². The summed E-state index contributed by atoms with van der Waals surface area (Å²) in [4.78, 5) is 10.7. The number of nitrogens with one attached hydrogen (secondary N) is 1. The number of ether oxygens (including phenoxy) is 2. The Morgan fingerprint density at radius 2 is 2.08 bits per heavy atom. The molecule has 25 heavy (non-hydrogen) atoms. The van der Waals surface area contributed by atoms with E-state index in [0.29, 0.717) is 6.10 Å². The normalized spacial score (nSPS) is 22.7. The molecular weight excluding hydrogens is 314 g/mol. The van der Waals surface area contributed by atoms with Crippen molar-refractivity contribution in [3.8, 4) is 5.75 Å². The van der Waals surface area contributed by atoms with Crippen molar-refractivity contribution in [2.45, 2.75) is 50.3 Å². The molecule has 132 valence electrons. The van der Waals surface area contributed by atoms with Gasteiger partial charge in [0.25, 0.3) is 0 Å². The van der Waals surface area contributed by atoms with E-state index in [1.165, 1.54) is 29.8 Å². The van der Waals surface area contributed by atoms with Gasteiger partial charge in [0.05, 0.1) is 23.7 Å². The summed E-state index contributed by atoms with van der Waals surface area (Å²) in [6, 6.07) is 8.53. The Kier molecular flexibility index (Phi) is 3.79. The van der Waals surface area contributed by atoms with E-state index < -0.39 is 0 Å². The Labute approximate surface area is 148 Å². The first-order valence-corrected chi connectivity index (χ1v) is 9.45. The number of fused-ring (bicyclic) bond motifs is 2. The van der Waals surface area contributed by atoms with Crippen molar-refractivity contribution < 1.29 is 9.47 Å². The number of H-pyrrole nitrogens is 1. The minimum absolute atomic E-state index is 0.00146. The van der Waals surface area contributed by atoms with Crippen LogP contribution in [0, 0.1) is 0 Å². The molecule has 0 radical (unpaired) electrons. The number of para-hydroxylation sites is 1. The maximum Gasteiger partial charge on any atom is 0.124 e. The molecule has 2 aliphatic heterocycles. The fourth-order valence-electron chi connectivity index (χ4n) is 4.34. The Balaban J connectivity index is 1.47. The lowest BCUT2D eigenvalue weighted by molar-refractivity contribution is -0.0453. The van der Waals surface area contributed by atoms with Gasteiger partial charge in [0.15, 0.2) is 0 Å². The summed E-state index contributed by atoms with van der Waals surface area (Å²) in [7, 11) is 0. The highest BCUT2D eigenvalue weighted by Gasteiger charge is 2.45. The highest BCUT2D eigenvalue weighted by Crippen LogP contribution is 2.43. The van der Waals surface area contributed by atoms with Crippen LogP contribution in [0.1, 0.15) is 42.6 Å². The van der Waals surface area contributed by atoms with Crippen molar-refractivity contribution in [3.63, 3.8) is 0 Å². The number of hydrogen-bond acceptors (Lipinski definition) is 4. The molecule has 0 bridgehead atoms. The van der Waals surface area contributed by atoms with E-state index in [9.17, 15) is 0 Å². The molecule has 3 aliphatic rings. The van der Waals surface area contributed by atoms with Crippen LogP contribution in [-0.4, -0.2) is 40.7 Å². The van der Waals surface area contributed by atoms with Gasteiger partial charge in [0.2, 0.25) is 0 Å². The molecule has 1 aliphatic carbocycles. The van der Waals surface area contributed by atoms with Gasteiger partial charge in [-0.1, -0.05) is 18.2 Å². The molecule has 1 aromatic carbocycles. The minimum Gasteiger partial charge on any atom is -0.490 e. The molecule has 5 heteroatoms. The lowest BCUT2D eigenvalue weighted by Crippen LogP contribution is -2.53. The number of hydrogen-bond donors (Lipinski definition) is 1. The lowest BCUT2D eigenvalue weighted by Gasteiger charge is -2.48. The summed E-state index contributed by atoms with van der Waals surface area (Å²) < 4.78 is 11.8. The van der Waals surface area contributed by atoms with E-state index in [0.717, 1.165) is 51.3 Å². The van der Waals surface area contributed by atoms with Gasteiger partial charge in [0.1, 0.15) is 5.75 Å². The average Bonchev–Trinajstić information content (AvgIpc) is 3.32. The van der Waals surface area contributed by atoms with E-state index in [1.807, 2.05) is 6.33 Å². The van der Waals surface area contributed by atoms with Gasteiger partial charge in [-0.05, 0) is 31.7 Å². The first-order valence-electron chi connectivity index (χ1n) is 9.45. The standard InChI is InChI=1S/C20H25N3O2/c1-2-4-18(25-16-5-6-16)15(3-1)13-23-10-7-17-19(22-14-21-17)20(23)8-11-24-12-9-20/h1-4,14,16H,5-13H2,(H,21,22). The van der Waals surface area contributed by atoms with E-state index >= 15 is 0 Å². The van der Waals surface area contributed by atoms with Crippen LogP contribution in [0.15, 0.2) is 30.6 Å². The minimum atomic E-state index is -0.00146. The zero-order valence-corrected chi connectivity index (χ0v) is 14.5. The lowest BCUT2D eigenvalue weighted by atomic mass is 9.80. The van der Waals surface area contributed by atoms with E-state index in [4.69, 9.17) is 14.5 Å². The second kappa shape index (κ2) is 6.15. The molecule has 2 aromatic rings. The third-order valence-electron chi connectivity index (χ3n) is 5.87. The van der Waals surface area contributed by atoms with Crippen molar-refractivity contribution in [2.24, 2.45) is 0 Å². The topological polar surface area (TPSA) is 50.4 Å². The highest BCUT2D eigenvalue weighted by atomic mass is 16.5. The van der Waals surface area contributed by atoms with Crippen LogP contribution < -0.4 is 4.74 Å². The average molecular weight is 339 g/mol. The first-order chi connectivity index (χ1) is 12.4. The number of benzene rings is 1. The van der Waals surface area contributed by atoms with E-state index in [1.54, 1.807) is 0 Å². The molecule has 1 spiro atoms. The van der Waals surface area contributed by atoms with Crippen molar-refractivity contribution >= 4 is 0 Å². The number of rotatable bonds is 4. The van der Waals surface area contributed by atoms with Gasteiger partial charge < -0.3 is 14.5 Å². The number of nitrogens with zero attached hydrogens (tertiary/aromatic N) is 2. The molecule has 1 saturated carbocycles. The van der Waals surface area contributed by atoms with Crippen LogP contribution in [0.5, 0.6) is 5.75 Å². The summed E-state index contributed by atoms with van der Waals surface area (Å²) in [5, 5.41) is 0. The first kappa shape index (κ1) is 15.4. The molecule has 1 saturated heterocycles. The zero-order valence-electron chi connectivity index (χ0n) is 14.5. The molecule has 1 aromatic heterocycles. The molecule has 0 unspecified atom stereocenters. The number of aromatic amines is 1. The van der Waals surface area contributed by atoms with Crippen LogP contribution >= 0.6 is 0 Å². The van der Waals surface area contributed by atoms with Crippen LogP contribution in [0.4, 0.5) is 0 Å². The van der Waals surface area contributed by atoms with Crippen LogP contribution in [0.3, 0.4) is 0 Å². The van der Waals surface area contributed by atoms with Gasteiger partial charge in [-0.15, -0.1) is 0 Å². The Hall–Kier alpha value is -1.85. The SMILES string of the molecule is c1ccc(OC2CC2)c(CN2CCc3[nH]cnc3C23CCOCC3)c1. The molecular formula is C20H25N3O2. The van der Waals surface area contributed by atoms with Crippen molar-refractivity contribution in [1.82, 2.24) is 14.9 Å². The van der Waals surface area contributed by atoms with Gasteiger partial charge in [0, 0.05) is 44.0 Å². The van der Waals surface area contributed by atoms with Gasteiger partial charge in [-0.3, -0.25) is 4.90 Å². The maximum atomic E-state index is 6.16. The monoisotopic (exact) mass is 339 g/mol. The number of aromatic nitrogens is 2. The fourth-order valence-corrected chi connectivity index (χ4v) is 4.34. The van der Waals surface area contributed by atoms with Gasteiger partial charge in [-0.25, -0.2) is 4.98 Å². The Bertz CT molecular complexity index is 747. The molecule has 0 amide bonds. The van der Waals surface area contributed by atoms with E-state index in [2.05, 4.69) is 34.1 Å². The zero-order chi connectivity index (χ0) is 16.7. The predicted molar refractivity (Wildman–Crippen MR) is 94.5 cm³/mol. The molecule has 5 rings (SSSR count). The van der Waals surface area contributed by atoms with Crippen molar-refractivity contribution in [2.75, 3.05) is 19.8 Å². The summed E-state index contributed by atoms with van der Waals surface area (Å²) >= 11 is 0. The molecule has 2 fully saturated rings. The largest absolute Gasteiger partial charge is 0.490 e. The maximum absolute atomic E-state index is 6.16. The number of imidazole rings is 1. The Morgan fingerprint density at radius 1 is 1.24 bits per heavy atom. The summed E-state index contributed by atoms with van der Waals surface area (Å²) in [5.74, 6) is 1.06. The van der Waals surface area contributed by atoms with Crippen LogP contribution in [-0.2, 0) is 23.2 Å². The second-order valence-corrected chi connectivity index (χ2v) is 7.47. The predicted octanol–water partition coefficient (Wildman–Crippen LogP) is 3.01. The highest BCUT2D eigenvalue weighted by molar-refractivity contribution is 5.35. The summed E-state index contributed by atoms with van der Waals surface area (Å²) in [6.45, 7) is 3.58. The molecule has 0 atom stereocenters. The van der Waals surface area contributed by atoms with E-state index in [-0.39, 0.29) is 5.54 Å². The molecule has 5 nitrogen and oxygen atoms in total. The smallest absolute Gasteiger partial charge is 0.124 e. The van der Waals surface area contributed by atoms with Gasteiger partial charge >= 0.3 is 0 Å². The van der Waals surface area contributed by atoms with Crippen molar-refractivity contribution in [3.05, 3.63) is 47.5 Å². The molecule has 3 heterocycles. The Morgan fingerprint density at radius 3 is 2.92 bits per heavy atom. The summed E-state index contributed by atoms with van der Waals surface area (Å²) in [6.07, 6.45) is 7.72. The quantitative estimate of drug-likeness (QED) is 0.930. The molecule has 1 N–H and O–H groups in total. The third-order valence-corrected chi connectivity index (χ3v) is 5.87. The van der Waals surface area contributed by atoms with Crippen molar-refractivity contribution in [1.29, 1.82) is 0 Å². The second-order valence-electron chi connectivity index (χ2n) is 7.47. The van der Waals surface area contributed by atoms with Gasteiger partial charge in [-0.2, -0.15) is 0 Å². The summed E-state index contributed by atoms with van der Waals surface area (Å²) in [5.41, 5.74) is 3.83. The third kappa shape index (κ3) is 2.75. The van der Waals surface area contributed by atoms with Crippen LogP contribution in [0.2, 0.25) is 0 Å².